The summed E-state index contributed by atoms with van der Waals surface area (Å²) in [5, 5.41) is 1.15. The van der Waals surface area contributed by atoms with Crippen LogP contribution in [0.5, 0.6) is 11.5 Å². The van der Waals surface area contributed by atoms with Gasteiger partial charge in [-0.3, -0.25) is 9.59 Å². The van der Waals surface area contributed by atoms with Crippen molar-refractivity contribution < 1.29 is 37.3 Å². The Morgan fingerprint density at radius 2 is 1.27 bits per heavy atom. The van der Waals surface area contributed by atoms with Gasteiger partial charge in [0.15, 0.2) is 23.1 Å². The van der Waals surface area contributed by atoms with E-state index in [0.29, 0.717) is 55.1 Å². The molecule has 15 heteroatoms. The number of nitrogens with zero attached hydrogens (tertiary/aromatic N) is 5. The van der Waals surface area contributed by atoms with Crippen LogP contribution in [-0.4, -0.2) is 113 Å². The molecule has 10 rings (SSSR count). The average Bonchev–Trinajstić information content (AvgIpc) is 3.99. The first kappa shape index (κ1) is 48.1. The van der Waals surface area contributed by atoms with Gasteiger partial charge in [0.05, 0.1) is 42.9 Å². The Morgan fingerprint density at radius 1 is 0.687 bits per heavy atom. The zero-order chi connectivity index (χ0) is 46.7. The number of carbonyl (C=O) groups is 2. The van der Waals surface area contributed by atoms with E-state index in [0.717, 1.165) is 105 Å². The molecule has 0 spiro atoms. The summed E-state index contributed by atoms with van der Waals surface area (Å²) in [4.78, 5) is 42.2. The molecular formula is C52H61BrF2N6O6. The summed E-state index contributed by atoms with van der Waals surface area (Å²) < 4.78 is 51.1. The lowest BCUT2D eigenvalue weighted by Crippen LogP contribution is -2.38. The number of fused-ring (bicyclic) bond motifs is 2. The van der Waals surface area contributed by atoms with E-state index < -0.39 is 11.6 Å². The minimum absolute atomic E-state index is 0.136. The van der Waals surface area contributed by atoms with Gasteiger partial charge in [0.1, 0.15) is 11.6 Å². The number of ether oxygens (including phenoxy) is 4. The fourth-order valence-electron chi connectivity index (χ4n) is 9.53. The Hall–Kier alpha value is -5.38. The van der Waals surface area contributed by atoms with Gasteiger partial charge < -0.3 is 38.3 Å². The molecule has 4 aliphatic rings. The number of piperidine rings is 2. The minimum Gasteiger partial charge on any atom is -0.494 e. The Labute approximate surface area is 399 Å². The van der Waals surface area contributed by atoms with Crippen LogP contribution in [0, 0.1) is 23.5 Å². The highest BCUT2D eigenvalue weighted by molar-refractivity contribution is 9.09. The number of para-hydroxylation sites is 4. The number of halogens is 3. The number of hydrogen-bond acceptors (Lipinski definition) is 8. The molecule has 1 atom stereocenters. The number of alkyl halides is 1. The third-order valence-electron chi connectivity index (χ3n) is 13.5. The van der Waals surface area contributed by atoms with Crippen LogP contribution < -0.4 is 9.47 Å². The van der Waals surface area contributed by atoms with Crippen molar-refractivity contribution in [1.82, 2.24) is 29.3 Å². The molecule has 0 bridgehead atoms. The molecule has 67 heavy (non-hydrogen) atoms. The molecule has 0 saturated carbocycles. The number of benzene rings is 4. The van der Waals surface area contributed by atoms with Crippen molar-refractivity contribution >= 4 is 49.8 Å². The van der Waals surface area contributed by atoms with Gasteiger partial charge in [-0.15, -0.1) is 0 Å². The molecule has 4 fully saturated rings. The molecule has 2 aromatic heterocycles. The molecule has 12 nitrogen and oxygen atoms in total. The molecule has 4 saturated heterocycles. The zero-order valence-electron chi connectivity index (χ0n) is 38.4. The maximum Gasteiger partial charge on any atom is 0.253 e. The van der Waals surface area contributed by atoms with Gasteiger partial charge in [-0.25, -0.2) is 18.7 Å². The van der Waals surface area contributed by atoms with Crippen LogP contribution in [0.15, 0.2) is 84.9 Å². The molecule has 4 aromatic carbocycles. The summed E-state index contributed by atoms with van der Waals surface area (Å²) in [5.74, 6) is 3.05. The number of carbonyl (C=O) groups excluding carboxylic acids is 2. The number of hydrogen-bond donors (Lipinski definition) is 1. The Morgan fingerprint density at radius 3 is 1.81 bits per heavy atom. The maximum absolute atomic E-state index is 14.1. The summed E-state index contributed by atoms with van der Waals surface area (Å²) in [5.41, 5.74) is 4.91. The number of nitrogens with one attached hydrogen (secondary N) is 1. The monoisotopic (exact) mass is 982 g/mol. The van der Waals surface area contributed by atoms with E-state index in [9.17, 15) is 18.4 Å². The smallest absolute Gasteiger partial charge is 0.253 e. The largest absolute Gasteiger partial charge is 0.494 e. The lowest BCUT2D eigenvalue weighted by molar-refractivity contribution is 0.0481. The van der Waals surface area contributed by atoms with E-state index >= 15 is 0 Å². The first-order chi connectivity index (χ1) is 32.7. The van der Waals surface area contributed by atoms with Crippen LogP contribution in [0.25, 0.3) is 22.1 Å². The number of methoxy groups -OCH3 is 2. The summed E-state index contributed by atoms with van der Waals surface area (Å²) in [6.07, 6.45) is 8.13. The third-order valence-corrected chi connectivity index (χ3v) is 14.4. The van der Waals surface area contributed by atoms with E-state index in [-0.39, 0.29) is 23.3 Å². The fourth-order valence-corrected chi connectivity index (χ4v) is 10.2. The van der Waals surface area contributed by atoms with Gasteiger partial charge in [-0.2, -0.15) is 0 Å². The fraction of sp³-hybridized carbons (Fsp3) is 0.462. The predicted molar refractivity (Wildman–Crippen MR) is 258 cm³/mol. The number of rotatable bonds is 9. The first-order valence-electron chi connectivity index (χ1n) is 23.6. The molecule has 2 amide bonds. The third kappa shape index (κ3) is 11.8. The second kappa shape index (κ2) is 23.1. The highest BCUT2D eigenvalue weighted by Crippen LogP contribution is 2.33. The number of amides is 2. The van der Waals surface area contributed by atoms with Crippen LogP contribution in [-0.2, 0) is 16.0 Å². The molecule has 356 valence electrons. The maximum atomic E-state index is 14.1. The van der Waals surface area contributed by atoms with E-state index in [1.807, 2.05) is 35.2 Å². The minimum atomic E-state index is -0.518. The SMILES string of the molecule is BrCC1CCOCC1.COc1ccc(C(=O)N2CCC(c3nc4ccccc4[nH]3)CC2)cc1F.COc1ccc(C(=O)N2CCC(c3nc4ccccc4n3CC3CCCOC3)CC2)cc1F. The van der Waals surface area contributed by atoms with Crippen molar-refractivity contribution in [1.29, 1.82) is 0 Å². The Balaban J connectivity index is 0.000000159. The van der Waals surface area contributed by atoms with Gasteiger partial charge in [0.2, 0.25) is 0 Å². The summed E-state index contributed by atoms with van der Waals surface area (Å²) in [6.45, 7) is 7.05. The average molecular weight is 984 g/mol. The molecule has 1 N–H and O–H groups in total. The Kier molecular flexibility index (Phi) is 16.6. The van der Waals surface area contributed by atoms with Gasteiger partial charge in [-0.05, 0) is 118 Å². The van der Waals surface area contributed by atoms with E-state index in [4.69, 9.17) is 23.9 Å². The van der Waals surface area contributed by atoms with Crippen LogP contribution in [0.1, 0.15) is 95.6 Å². The van der Waals surface area contributed by atoms with Crippen LogP contribution in [0.2, 0.25) is 0 Å². The lowest BCUT2D eigenvalue weighted by atomic mass is 9.94. The van der Waals surface area contributed by atoms with Crippen molar-refractivity contribution in [3.8, 4) is 11.5 Å². The van der Waals surface area contributed by atoms with Gasteiger partial charge in [0, 0.05) is 86.8 Å². The highest BCUT2D eigenvalue weighted by Gasteiger charge is 2.30. The lowest BCUT2D eigenvalue weighted by Gasteiger charge is -2.32. The van der Waals surface area contributed by atoms with E-state index in [2.05, 4.69) is 48.7 Å². The topological polar surface area (TPSA) is 124 Å². The van der Waals surface area contributed by atoms with E-state index in [1.165, 1.54) is 63.3 Å². The second-order valence-electron chi connectivity index (χ2n) is 17.8. The molecule has 0 radical (unpaired) electrons. The van der Waals surface area contributed by atoms with Gasteiger partial charge in [0.25, 0.3) is 11.8 Å². The van der Waals surface area contributed by atoms with Crippen molar-refractivity contribution in [3.63, 3.8) is 0 Å². The van der Waals surface area contributed by atoms with Crippen molar-refractivity contribution in [2.24, 2.45) is 11.8 Å². The predicted octanol–water partition coefficient (Wildman–Crippen LogP) is 10.2. The van der Waals surface area contributed by atoms with Crippen molar-refractivity contribution in [3.05, 3.63) is 119 Å². The molecule has 6 heterocycles. The van der Waals surface area contributed by atoms with Crippen LogP contribution in [0.4, 0.5) is 8.78 Å². The van der Waals surface area contributed by atoms with Gasteiger partial charge >= 0.3 is 0 Å². The number of imidazole rings is 2. The molecule has 0 aliphatic carbocycles. The molecule has 6 aromatic rings. The van der Waals surface area contributed by atoms with Crippen molar-refractivity contribution in [2.75, 3.05) is 72.2 Å². The number of H-pyrrole nitrogens is 1. The number of aromatic amines is 1. The standard InChI is InChI=1S/C26H30FN3O3.C20H20FN3O2.C6H11BrO/c1-32-24-9-8-20(15-21(24)27)26(31)29-12-10-19(11-13-29)25-28-22-6-2-3-7-23(22)30(25)16-18-5-4-14-33-17-18;1-26-18-7-6-14(12-15(18)21)20(25)24-10-8-13(9-11-24)19-22-16-4-2-3-5-17(16)23-19;7-5-6-1-3-8-4-2-6/h2-3,6-9,15,18-19H,4-5,10-14,16-17H2,1H3;2-7,12-13H,8-11H2,1H3,(H,22,23);6H,1-5H2. The Bertz CT molecular complexity index is 2540. The number of aromatic nitrogens is 4. The normalized spacial score (nSPS) is 18.5. The number of likely N-dealkylation sites (tertiary alicyclic amines) is 2. The highest BCUT2D eigenvalue weighted by atomic mass is 79.9. The van der Waals surface area contributed by atoms with E-state index in [1.54, 1.807) is 17.0 Å². The molecule has 4 aliphatic heterocycles. The summed E-state index contributed by atoms with van der Waals surface area (Å²) in [7, 11) is 2.82. The van der Waals surface area contributed by atoms with Crippen LogP contribution >= 0.6 is 15.9 Å². The molecular weight excluding hydrogens is 923 g/mol. The summed E-state index contributed by atoms with van der Waals surface area (Å²) >= 11 is 3.46. The molecule has 1 unspecified atom stereocenters. The second-order valence-corrected chi connectivity index (χ2v) is 18.5. The zero-order valence-corrected chi connectivity index (χ0v) is 40.0. The first-order valence-corrected chi connectivity index (χ1v) is 24.7. The summed E-state index contributed by atoms with van der Waals surface area (Å²) in [6, 6.07) is 25.0. The van der Waals surface area contributed by atoms with Crippen molar-refractivity contribution in [2.45, 2.75) is 69.7 Å². The van der Waals surface area contributed by atoms with Gasteiger partial charge in [-0.1, -0.05) is 40.2 Å². The quantitative estimate of drug-likeness (QED) is 0.142. The van der Waals surface area contributed by atoms with Crippen LogP contribution in [0.3, 0.4) is 0 Å².